The first-order chi connectivity index (χ1) is 13.6. The zero-order chi connectivity index (χ0) is 19.8. The van der Waals surface area contributed by atoms with E-state index in [9.17, 15) is 9.59 Å². The van der Waals surface area contributed by atoms with E-state index in [2.05, 4.69) is 5.32 Å². The van der Waals surface area contributed by atoms with Crippen LogP contribution in [-0.4, -0.2) is 34.6 Å². The third-order valence-corrected chi connectivity index (χ3v) is 6.17. The molecule has 2 aromatic rings. The second-order valence-corrected chi connectivity index (χ2v) is 8.32. The van der Waals surface area contributed by atoms with Crippen molar-refractivity contribution in [1.29, 1.82) is 0 Å². The summed E-state index contributed by atoms with van der Waals surface area (Å²) in [6.45, 7) is 2.27. The van der Waals surface area contributed by atoms with Crippen molar-refractivity contribution in [3.05, 3.63) is 66.2 Å². The number of nitrogens with zero attached hydrogens (tertiary/aromatic N) is 1. The van der Waals surface area contributed by atoms with Crippen LogP contribution in [0.3, 0.4) is 0 Å². The first-order valence-corrected chi connectivity index (χ1v) is 10.9. The first-order valence-electron chi connectivity index (χ1n) is 9.95. The minimum atomic E-state index is -0.496. The van der Waals surface area contributed by atoms with Crippen molar-refractivity contribution in [2.45, 2.75) is 56.1 Å². The SMILES string of the molecule is C[C@H](C(=O)NC1CCCC1)N(Cc1ccccc1)C(=O)CSc1ccccc1. The molecule has 0 heterocycles. The van der Waals surface area contributed by atoms with E-state index in [0.29, 0.717) is 12.3 Å². The summed E-state index contributed by atoms with van der Waals surface area (Å²) in [5.74, 6) is 0.241. The quantitative estimate of drug-likeness (QED) is 0.679. The Balaban J connectivity index is 1.67. The van der Waals surface area contributed by atoms with Gasteiger partial charge in [-0.2, -0.15) is 0 Å². The normalized spacial score (nSPS) is 15.2. The molecule has 5 heteroatoms. The number of carbonyl (C=O) groups is 2. The molecule has 4 nitrogen and oxygen atoms in total. The number of thioether (sulfide) groups is 1. The number of carbonyl (C=O) groups excluding carboxylic acids is 2. The van der Waals surface area contributed by atoms with Crippen molar-refractivity contribution >= 4 is 23.6 Å². The van der Waals surface area contributed by atoms with Crippen LogP contribution in [0.15, 0.2) is 65.6 Å². The predicted molar refractivity (Wildman–Crippen MR) is 114 cm³/mol. The Kier molecular flexibility index (Phi) is 7.54. The van der Waals surface area contributed by atoms with Gasteiger partial charge in [-0.25, -0.2) is 0 Å². The molecule has 1 aliphatic rings. The summed E-state index contributed by atoms with van der Waals surface area (Å²) in [5, 5.41) is 3.13. The van der Waals surface area contributed by atoms with Crippen molar-refractivity contribution < 1.29 is 9.59 Å². The van der Waals surface area contributed by atoms with Crippen molar-refractivity contribution in [3.8, 4) is 0 Å². The maximum atomic E-state index is 13.0. The summed E-state index contributed by atoms with van der Waals surface area (Å²) in [7, 11) is 0. The molecule has 0 spiro atoms. The lowest BCUT2D eigenvalue weighted by atomic mass is 10.1. The highest BCUT2D eigenvalue weighted by Gasteiger charge is 2.28. The molecule has 0 bridgehead atoms. The van der Waals surface area contributed by atoms with Gasteiger partial charge in [-0.15, -0.1) is 11.8 Å². The van der Waals surface area contributed by atoms with E-state index in [1.165, 1.54) is 24.6 Å². The molecular formula is C23H28N2O2S. The number of amides is 2. The summed E-state index contributed by atoms with van der Waals surface area (Å²) < 4.78 is 0. The minimum Gasteiger partial charge on any atom is -0.352 e. The van der Waals surface area contributed by atoms with Gasteiger partial charge in [-0.3, -0.25) is 9.59 Å². The van der Waals surface area contributed by atoms with Gasteiger partial charge in [-0.05, 0) is 37.5 Å². The van der Waals surface area contributed by atoms with Crippen LogP contribution in [0.5, 0.6) is 0 Å². The molecule has 2 amide bonds. The van der Waals surface area contributed by atoms with E-state index in [4.69, 9.17) is 0 Å². The van der Waals surface area contributed by atoms with Crippen LogP contribution in [0.4, 0.5) is 0 Å². The van der Waals surface area contributed by atoms with Crippen molar-refractivity contribution in [2.75, 3.05) is 5.75 Å². The van der Waals surface area contributed by atoms with Crippen LogP contribution in [0.2, 0.25) is 0 Å². The predicted octanol–water partition coefficient (Wildman–Crippen LogP) is 4.25. The molecule has 1 aliphatic carbocycles. The fourth-order valence-electron chi connectivity index (χ4n) is 3.50. The molecule has 3 rings (SSSR count). The number of benzene rings is 2. The fraction of sp³-hybridized carbons (Fsp3) is 0.391. The number of nitrogens with one attached hydrogen (secondary N) is 1. The highest BCUT2D eigenvalue weighted by molar-refractivity contribution is 8.00. The standard InChI is InChI=1S/C23H28N2O2S/c1-18(23(27)24-20-12-8-9-13-20)25(16-19-10-4-2-5-11-19)22(26)17-28-21-14-6-3-7-15-21/h2-7,10-11,14-15,18,20H,8-9,12-13,16-17H2,1H3,(H,24,27)/t18-/m1/s1. The lowest BCUT2D eigenvalue weighted by Gasteiger charge is -2.29. The Labute approximate surface area is 171 Å². The van der Waals surface area contributed by atoms with E-state index in [1.54, 1.807) is 4.90 Å². The van der Waals surface area contributed by atoms with E-state index in [0.717, 1.165) is 23.3 Å². The van der Waals surface area contributed by atoms with E-state index < -0.39 is 6.04 Å². The van der Waals surface area contributed by atoms with Gasteiger partial charge in [0.05, 0.1) is 5.75 Å². The molecule has 1 saturated carbocycles. The van der Waals surface area contributed by atoms with Gasteiger partial charge in [0.15, 0.2) is 0 Å². The van der Waals surface area contributed by atoms with Crippen LogP contribution in [-0.2, 0) is 16.1 Å². The van der Waals surface area contributed by atoms with Gasteiger partial charge in [0.25, 0.3) is 0 Å². The van der Waals surface area contributed by atoms with Gasteiger partial charge in [0.2, 0.25) is 11.8 Å². The molecule has 2 aromatic carbocycles. The highest BCUT2D eigenvalue weighted by atomic mass is 32.2. The summed E-state index contributed by atoms with van der Waals surface area (Å²) in [4.78, 5) is 28.6. The van der Waals surface area contributed by atoms with Gasteiger partial charge in [0.1, 0.15) is 6.04 Å². The number of rotatable bonds is 8. The second-order valence-electron chi connectivity index (χ2n) is 7.27. The molecule has 0 aromatic heterocycles. The fourth-order valence-corrected chi connectivity index (χ4v) is 4.30. The van der Waals surface area contributed by atoms with Crippen LogP contribution < -0.4 is 5.32 Å². The average molecular weight is 397 g/mol. The minimum absolute atomic E-state index is 0.0215. The lowest BCUT2D eigenvalue weighted by molar-refractivity contribution is -0.138. The monoisotopic (exact) mass is 396 g/mol. The Hall–Kier alpha value is -2.27. The maximum absolute atomic E-state index is 13.0. The van der Waals surface area contributed by atoms with Gasteiger partial charge in [0, 0.05) is 17.5 Å². The van der Waals surface area contributed by atoms with Gasteiger partial charge in [-0.1, -0.05) is 61.4 Å². The molecule has 1 fully saturated rings. The molecule has 1 atom stereocenters. The molecule has 0 unspecified atom stereocenters. The van der Waals surface area contributed by atoms with Crippen LogP contribution in [0, 0.1) is 0 Å². The third-order valence-electron chi connectivity index (χ3n) is 5.17. The molecule has 1 N–H and O–H groups in total. The third kappa shape index (κ3) is 5.86. The van der Waals surface area contributed by atoms with Crippen molar-refractivity contribution in [3.63, 3.8) is 0 Å². The zero-order valence-electron chi connectivity index (χ0n) is 16.3. The lowest BCUT2D eigenvalue weighted by Crippen LogP contribution is -2.50. The highest BCUT2D eigenvalue weighted by Crippen LogP contribution is 2.21. The Bertz CT molecular complexity index is 761. The maximum Gasteiger partial charge on any atom is 0.242 e. The summed E-state index contributed by atoms with van der Waals surface area (Å²) in [6, 6.07) is 19.5. The molecule has 0 saturated heterocycles. The Morgan fingerprint density at radius 1 is 1.04 bits per heavy atom. The largest absolute Gasteiger partial charge is 0.352 e. The van der Waals surface area contributed by atoms with E-state index in [-0.39, 0.29) is 17.9 Å². The van der Waals surface area contributed by atoms with Crippen LogP contribution in [0.1, 0.15) is 38.2 Å². The summed E-state index contributed by atoms with van der Waals surface area (Å²) in [6.07, 6.45) is 4.41. The van der Waals surface area contributed by atoms with Crippen LogP contribution >= 0.6 is 11.8 Å². The molecule has 0 radical (unpaired) electrons. The zero-order valence-corrected chi connectivity index (χ0v) is 17.2. The van der Waals surface area contributed by atoms with Crippen LogP contribution in [0.25, 0.3) is 0 Å². The van der Waals surface area contributed by atoms with Crippen molar-refractivity contribution in [2.24, 2.45) is 0 Å². The smallest absolute Gasteiger partial charge is 0.242 e. The molecule has 0 aliphatic heterocycles. The molecule has 28 heavy (non-hydrogen) atoms. The summed E-state index contributed by atoms with van der Waals surface area (Å²) >= 11 is 1.51. The van der Waals surface area contributed by atoms with Gasteiger partial charge >= 0.3 is 0 Å². The Morgan fingerprint density at radius 2 is 1.64 bits per heavy atom. The number of hydrogen-bond donors (Lipinski definition) is 1. The van der Waals surface area contributed by atoms with Crippen molar-refractivity contribution in [1.82, 2.24) is 10.2 Å². The summed E-state index contributed by atoms with van der Waals surface area (Å²) in [5.41, 5.74) is 1.03. The molecular weight excluding hydrogens is 368 g/mol. The second kappa shape index (κ2) is 10.3. The molecule has 148 valence electrons. The Morgan fingerprint density at radius 3 is 2.29 bits per heavy atom. The van der Waals surface area contributed by atoms with Gasteiger partial charge < -0.3 is 10.2 Å². The topological polar surface area (TPSA) is 49.4 Å². The van der Waals surface area contributed by atoms with E-state index in [1.807, 2.05) is 67.6 Å². The first kappa shape index (κ1) is 20.5. The van der Waals surface area contributed by atoms with E-state index >= 15 is 0 Å². The number of hydrogen-bond acceptors (Lipinski definition) is 3. The average Bonchev–Trinajstić information content (AvgIpc) is 3.24.